The second-order valence-electron chi connectivity index (χ2n) is 4.96. The van der Waals surface area contributed by atoms with E-state index in [1.807, 2.05) is 6.07 Å². The molecule has 0 spiro atoms. The normalized spacial score (nSPS) is 11.9. The molecular weight excluding hydrogens is 260 g/mol. The average Bonchev–Trinajstić information content (AvgIpc) is 2.33. The second-order valence-corrected chi connectivity index (χ2v) is 7.22. The molecule has 0 aliphatic heterocycles. The van der Waals surface area contributed by atoms with Gasteiger partial charge in [-0.3, -0.25) is 0 Å². The molecule has 0 fully saturated rings. The molecule has 0 radical (unpaired) electrons. The van der Waals surface area contributed by atoms with Gasteiger partial charge in [-0.1, -0.05) is 30.3 Å². The molecule has 4 nitrogen and oxygen atoms in total. The highest BCUT2D eigenvalue weighted by atomic mass is 32.2. The van der Waals surface area contributed by atoms with Gasteiger partial charge in [0, 0.05) is 19.3 Å². The minimum Gasteiger partial charge on any atom is -0.316 e. The Kier molecular flexibility index (Phi) is 7.05. The Bertz CT molecular complexity index is 446. The van der Waals surface area contributed by atoms with Crippen molar-refractivity contribution in [3.8, 4) is 0 Å². The van der Waals surface area contributed by atoms with Crippen molar-refractivity contribution in [2.45, 2.75) is 13.0 Å². The SMILES string of the molecule is CN(CCCNCCS(C)(=O)=O)Cc1ccccc1. The van der Waals surface area contributed by atoms with Crippen molar-refractivity contribution in [1.29, 1.82) is 0 Å². The summed E-state index contributed by atoms with van der Waals surface area (Å²) >= 11 is 0. The molecule has 0 saturated carbocycles. The summed E-state index contributed by atoms with van der Waals surface area (Å²) in [5.41, 5.74) is 1.31. The largest absolute Gasteiger partial charge is 0.316 e. The Morgan fingerprint density at radius 2 is 1.84 bits per heavy atom. The highest BCUT2D eigenvalue weighted by Crippen LogP contribution is 2.02. The van der Waals surface area contributed by atoms with Gasteiger partial charge < -0.3 is 10.2 Å². The second kappa shape index (κ2) is 8.30. The van der Waals surface area contributed by atoms with E-state index in [0.29, 0.717) is 6.54 Å². The Morgan fingerprint density at radius 3 is 2.47 bits per heavy atom. The monoisotopic (exact) mass is 284 g/mol. The molecule has 0 aliphatic rings. The molecule has 0 bridgehead atoms. The lowest BCUT2D eigenvalue weighted by Gasteiger charge is -2.16. The van der Waals surface area contributed by atoms with Gasteiger partial charge in [0.05, 0.1) is 5.75 Å². The molecule has 1 aromatic carbocycles. The summed E-state index contributed by atoms with van der Waals surface area (Å²) in [6.45, 7) is 3.35. The Morgan fingerprint density at radius 1 is 1.16 bits per heavy atom. The van der Waals surface area contributed by atoms with Crippen LogP contribution in [0, 0.1) is 0 Å². The number of hydrogen-bond donors (Lipinski definition) is 1. The first-order chi connectivity index (χ1) is 8.97. The highest BCUT2D eigenvalue weighted by molar-refractivity contribution is 7.90. The lowest BCUT2D eigenvalue weighted by atomic mass is 10.2. The van der Waals surface area contributed by atoms with Crippen molar-refractivity contribution in [3.63, 3.8) is 0 Å². The third kappa shape index (κ3) is 8.75. The maximum absolute atomic E-state index is 10.9. The van der Waals surface area contributed by atoms with Crippen molar-refractivity contribution in [2.75, 3.05) is 38.7 Å². The molecule has 0 atom stereocenters. The van der Waals surface area contributed by atoms with Crippen LogP contribution < -0.4 is 5.32 Å². The summed E-state index contributed by atoms with van der Waals surface area (Å²) in [5, 5.41) is 3.16. The number of rotatable bonds is 9. The third-order valence-corrected chi connectivity index (χ3v) is 3.78. The van der Waals surface area contributed by atoms with E-state index in [0.717, 1.165) is 26.1 Å². The molecule has 0 saturated heterocycles. The van der Waals surface area contributed by atoms with Gasteiger partial charge in [0.2, 0.25) is 0 Å². The predicted octanol–water partition coefficient (Wildman–Crippen LogP) is 1.14. The zero-order valence-corrected chi connectivity index (χ0v) is 12.6. The Balaban J connectivity index is 2.06. The summed E-state index contributed by atoms with van der Waals surface area (Å²) < 4.78 is 21.9. The molecule has 1 N–H and O–H groups in total. The quantitative estimate of drug-likeness (QED) is 0.691. The van der Waals surface area contributed by atoms with Gasteiger partial charge in [0.25, 0.3) is 0 Å². The van der Waals surface area contributed by atoms with Crippen LogP contribution >= 0.6 is 0 Å². The topological polar surface area (TPSA) is 49.4 Å². The highest BCUT2D eigenvalue weighted by Gasteiger charge is 2.01. The minimum atomic E-state index is -2.84. The smallest absolute Gasteiger partial charge is 0.148 e. The first kappa shape index (κ1) is 16.1. The van der Waals surface area contributed by atoms with Gasteiger partial charge >= 0.3 is 0 Å². The van der Waals surface area contributed by atoms with Crippen molar-refractivity contribution in [1.82, 2.24) is 10.2 Å². The van der Waals surface area contributed by atoms with E-state index in [4.69, 9.17) is 0 Å². The predicted molar refractivity (Wildman–Crippen MR) is 80.0 cm³/mol. The number of nitrogens with zero attached hydrogens (tertiary/aromatic N) is 1. The molecule has 0 aliphatic carbocycles. The Hall–Kier alpha value is -0.910. The summed E-state index contributed by atoms with van der Waals surface area (Å²) in [7, 11) is -0.741. The van der Waals surface area contributed by atoms with Crippen LogP contribution in [0.25, 0.3) is 0 Å². The lowest BCUT2D eigenvalue weighted by molar-refractivity contribution is 0.320. The standard InChI is InChI=1S/C14H24N2O2S/c1-16(13-14-7-4-3-5-8-14)11-6-9-15-10-12-19(2,17)18/h3-5,7-8,15H,6,9-13H2,1-2H3. The molecule has 5 heteroatoms. The van der Waals surface area contributed by atoms with Crippen LogP contribution in [-0.4, -0.2) is 52.0 Å². The number of nitrogens with one attached hydrogen (secondary N) is 1. The fourth-order valence-electron chi connectivity index (χ4n) is 1.83. The summed E-state index contributed by atoms with van der Waals surface area (Å²) in [5.74, 6) is 0.215. The molecular formula is C14H24N2O2S. The third-order valence-electron chi connectivity index (χ3n) is 2.84. The molecule has 19 heavy (non-hydrogen) atoms. The maximum atomic E-state index is 10.9. The fraction of sp³-hybridized carbons (Fsp3) is 0.571. The van der Waals surface area contributed by atoms with E-state index in [-0.39, 0.29) is 5.75 Å². The molecule has 0 unspecified atom stereocenters. The summed E-state index contributed by atoms with van der Waals surface area (Å²) in [6.07, 6.45) is 2.29. The van der Waals surface area contributed by atoms with Crippen LogP contribution in [0.2, 0.25) is 0 Å². The molecule has 108 valence electrons. The van der Waals surface area contributed by atoms with Crippen molar-refractivity contribution in [2.24, 2.45) is 0 Å². The number of sulfone groups is 1. The van der Waals surface area contributed by atoms with Crippen LogP contribution in [0.15, 0.2) is 30.3 Å². The number of benzene rings is 1. The molecule has 0 amide bonds. The van der Waals surface area contributed by atoms with Crippen LogP contribution in [0.3, 0.4) is 0 Å². The van der Waals surface area contributed by atoms with Gasteiger partial charge in [-0.2, -0.15) is 0 Å². The van der Waals surface area contributed by atoms with Gasteiger partial charge in [-0.05, 0) is 32.1 Å². The van der Waals surface area contributed by atoms with Crippen molar-refractivity contribution < 1.29 is 8.42 Å². The van der Waals surface area contributed by atoms with Crippen LogP contribution in [0.4, 0.5) is 0 Å². The Labute approximate surface area is 116 Å². The van der Waals surface area contributed by atoms with Gasteiger partial charge in [0.1, 0.15) is 9.84 Å². The minimum absolute atomic E-state index is 0.215. The van der Waals surface area contributed by atoms with Crippen molar-refractivity contribution >= 4 is 9.84 Å². The molecule has 1 aromatic rings. The zero-order valence-electron chi connectivity index (χ0n) is 11.8. The van der Waals surface area contributed by atoms with E-state index in [9.17, 15) is 8.42 Å². The maximum Gasteiger partial charge on any atom is 0.148 e. The van der Waals surface area contributed by atoms with Crippen LogP contribution in [0.1, 0.15) is 12.0 Å². The fourth-order valence-corrected chi connectivity index (χ4v) is 2.35. The first-order valence-corrected chi connectivity index (χ1v) is 8.64. The van der Waals surface area contributed by atoms with E-state index in [1.165, 1.54) is 11.8 Å². The molecule has 1 rings (SSSR count). The van der Waals surface area contributed by atoms with Gasteiger partial charge in [-0.15, -0.1) is 0 Å². The van der Waals surface area contributed by atoms with E-state index < -0.39 is 9.84 Å². The lowest BCUT2D eigenvalue weighted by Crippen LogP contribution is -2.27. The number of hydrogen-bond acceptors (Lipinski definition) is 4. The van der Waals surface area contributed by atoms with Gasteiger partial charge in [-0.25, -0.2) is 8.42 Å². The summed E-state index contributed by atoms with van der Waals surface area (Å²) in [6, 6.07) is 10.4. The van der Waals surface area contributed by atoms with E-state index in [1.54, 1.807) is 0 Å². The molecule has 0 heterocycles. The average molecular weight is 284 g/mol. The zero-order chi connectivity index (χ0) is 14.1. The van der Waals surface area contributed by atoms with Gasteiger partial charge in [0.15, 0.2) is 0 Å². The van der Waals surface area contributed by atoms with Crippen LogP contribution in [-0.2, 0) is 16.4 Å². The summed E-state index contributed by atoms with van der Waals surface area (Å²) in [4.78, 5) is 2.27. The van der Waals surface area contributed by atoms with E-state index >= 15 is 0 Å². The van der Waals surface area contributed by atoms with E-state index in [2.05, 4.69) is 41.5 Å². The molecule has 0 aromatic heterocycles. The van der Waals surface area contributed by atoms with Crippen LogP contribution in [0.5, 0.6) is 0 Å². The first-order valence-electron chi connectivity index (χ1n) is 6.58. The van der Waals surface area contributed by atoms with Crippen molar-refractivity contribution in [3.05, 3.63) is 35.9 Å².